The van der Waals surface area contributed by atoms with Gasteiger partial charge in [-0.2, -0.15) is 0 Å². The molecule has 4 heteroatoms. The van der Waals surface area contributed by atoms with Crippen molar-refractivity contribution >= 4 is 0 Å². The van der Waals surface area contributed by atoms with Crippen molar-refractivity contribution in [2.45, 2.75) is 19.4 Å². The van der Waals surface area contributed by atoms with E-state index < -0.39 is 0 Å². The summed E-state index contributed by atoms with van der Waals surface area (Å²) in [7, 11) is 1.56. The molecule has 66 valence electrons. The molecule has 12 heavy (non-hydrogen) atoms. The second-order valence-corrected chi connectivity index (χ2v) is 2.50. The van der Waals surface area contributed by atoms with Gasteiger partial charge in [-0.15, -0.1) is 0 Å². The van der Waals surface area contributed by atoms with Gasteiger partial charge in [-0.1, -0.05) is 6.92 Å². The molecule has 0 radical (unpaired) electrons. The first-order chi connectivity index (χ1) is 5.77. The molecule has 2 N–H and O–H groups in total. The van der Waals surface area contributed by atoms with E-state index in [4.69, 9.17) is 10.5 Å². The highest BCUT2D eigenvalue weighted by Gasteiger charge is 2.04. The van der Waals surface area contributed by atoms with Gasteiger partial charge in [0.2, 0.25) is 5.88 Å². The summed E-state index contributed by atoms with van der Waals surface area (Å²) in [4.78, 5) is 8.11. The van der Waals surface area contributed by atoms with Crippen LogP contribution in [0.3, 0.4) is 0 Å². The van der Waals surface area contributed by atoms with Crippen LogP contribution >= 0.6 is 0 Å². The van der Waals surface area contributed by atoms with E-state index in [-0.39, 0.29) is 6.04 Å². The zero-order valence-corrected chi connectivity index (χ0v) is 7.32. The molecule has 0 amide bonds. The Labute approximate surface area is 71.8 Å². The number of ether oxygens (including phenoxy) is 1. The zero-order valence-electron chi connectivity index (χ0n) is 7.32. The van der Waals surface area contributed by atoms with Gasteiger partial charge in [0.15, 0.2) is 0 Å². The Morgan fingerprint density at radius 1 is 1.50 bits per heavy atom. The van der Waals surface area contributed by atoms with Crippen molar-refractivity contribution in [2.24, 2.45) is 5.73 Å². The van der Waals surface area contributed by atoms with Crippen molar-refractivity contribution in [1.82, 2.24) is 9.97 Å². The molecule has 0 bridgehead atoms. The molecular formula is C8H13N3O. The van der Waals surface area contributed by atoms with Crippen LogP contribution in [0.5, 0.6) is 5.88 Å². The summed E-state index contributed by atoms with van der Waals surface area (Å²) >= 11 is 0. The van der Waals surface area contributed by atoms with Crippen LogP contribution in [0.25, 0.3) is 0 Å². The van der Waals surface area contributed by atoms with E-state index in [1.807, 2.05) is 6.92 Å². The Balaban J connectivity index is 2.77. The molecule has 0 fully saturated rings. The molecule has 0 aliphatic carbocycles. The third-order valence-corrected chi connectivity index (χ3v) is 1.68. The standard InChI is InChI=1S/C8H13N3O/c1-3-6(9)7-4-11-8(12-2)5-10-7/h4-6H,3,9H2,1-2H3. The predicted octanol–water partition coefficient (Wildman–Crippen LogP) is 0.895. The van der Waals surface area contributed by atoms with E-state index in [0.29, 0.717) is 5.88 Å². The fourth-order valence-electron chi connectivity index (χ4n) is 0.832. The molecule has 0 saturated heterocycles. The van der Waals surface area contributed by atoms with Gasteiger partial charge in [0.1, 0.15) is 0 Å². The van der Waals surface area contributed by atoms with Gasteiger partial charge in [0, 0.05) is 6.04 Å². The maximum Gasteiger partial charge on any atom is 0.231 e. The number of hydrogen-bond donors (Lipinski definition) is 1. The van der Waals surface area contributed by atoms with Crippen molar-refractivity contribution in [1.29, 1.82) is 0 Å². The normalized spacial score (nSPS) is 12.6. The largest absolute Gasteiger partial charge is 0.480 e. The van der Waals surface area contributed by atoms with Gasteiger partial charge in [-0.05, 0) is 6.42 Å². The molecule has 0 aliphatic heterocycles. The number of hydrogen-bond acceptors (Lipinski definition) is 4. The quantitative estimate of drug-likeness (QED) is 0.726. The van der Waals surface area contributed by atoms with Gasteiger partial charge in [0.25, 0.3) is 0 Å². The van der Waals surface area contributed by atoms with Crippen molar-refractivity contribution < 1.29 is 4.74 Å². The van der Waals surface area contributed by atoms with Crippen LogP contribution in [0.1, 0.15) is 25.1 Å². The lowest BCUT2D eigenvalue weighted by Crippen LogP contribution is -2.10. The monoisotopic (exact) mass is 167 g/mol. The molecule has 0 aromatic carbocycles. The first-order valence-corrected chi connectivity index (χ1v) is 3.89. The van der Waals surface area contributed by atoms with Crippen LogP contribution in [0.4, 0.5) is 0 Å². The summed E-state index contributed by atoms with van der Waals surface area (Å²) in [5.41, 5.74) is 6.55. The van der Waals surface area contributed by atoms with Crippen molar-refractivity contribution in [3.63, 3.8) is 0 Å². The number of aromatic nitrogens is 2. The molecule has 4 nitrogen and oxygen atoms in total. The second kappa shape index (κ2) is 4.01. The van der Waals surface area contributed by atoms with Crippen LogP contribution in [0.2, 0.25) is 0 Å². The van der Waals surface area contributed by atoms with E-state index in [9.17, 15) is 0 Å². The number of rotatable bonds is 3. The maximum atomic E-state index is 5.74. The number of nitrogens with two attached hydrogens (primary N) is 1. The average Bonchev–Trinajstić information content (AvgIpc) is 2.17. The van der Waals surface area contributed by atoms with E-state index in [0.717, 1.165) is 12.1 Å². The Kier molecular flexibility index (Phi) is 2.99. The van der Waals surface area contributed by atoms with Crippen molar-refractivity contribution in [2.75, 3.05) is 7.11 Å². The fraction of sp³-hybridized carbons (Fsp3) is 0.500. The van der Waals surface area contributed by atoms with Crippen LogP contribution in [0.15, 0.2) is 12.4 Å². The van der Waals surface area contributed by atoms with Crippen molar-refractivity contribution in [3.8, 4) is 5.88 Å². The zero-order chi connectivity index (χ0) is 8.97. The molecule has 1 aromatic rings. The first-order valence-electron chi connectivity index (χ1n) is 3.89. The third-order valence-electron chi connectivity index (χ3n) is 1.68. The van der Waals surface area contributed by atoms with Crippen LogP contribution in [-0.2, 0) is 0 Å². The van der Waals surface area contributed by atoms with Gasteiger partial charge >= 0.3 is 0 Å². The molecule has 1 atom stereocenters. The molecule has 0 aliphatic rings. The molecule has 0 spiro atoms. The molecule has 1 heterocycles. The lowest BCUT2D eigenvalue weighted by atomic mass is 10.2. The topological polar surface area (TPSA) is 61.0 Å². The summed E-state index contributed by atoms with van der Waals surface area (Å²) in [6, 6.07) is -0.0246. The summed E-state index contributed by atoms with van der Waals surface area (Å²) in [6.07, 6.45) is 4.08. The van der Waals surface area contributed by atoms with E-state index >= 15 is 0 Å². The summed E-state index contributed by atoms with van der Waals surface area (Å²) in [6.45, 7) is 2.01. The molecule has 1 rings (SSSR count). The van der Waals surface area contributed by atoms with E-state index in [1.165, 1.54) is 0 Å². The Hall–Kier alpha value is -1.16. The lowest BCUT2D eigenvalue weighted by Gasteiger charge is -2.06. The summed E-state index contributed by atoms with van der Waals surface area (Å²) < 4.78 is 4.87. The Morgan fingerprint density at radius 3 is 2.67 bits per heavy atom. The smallest absolute Gasteiger partial charge is 0.231 e. The minimum Gasteiger partial charge on any atom is -0.480 e. The first kappa shape index (κ1) is 8.93. The highest BCUT2D eigenvalue weighted by atomic mass is 16.5. The third kappa shape index (κ3) is 1.92. The highest BCUT2D eigenvalue weighted by molar-refractivity contribution is 5.09. The predicted molar refractivity (Wildman–Crippen MR) is 45.8 cm³/mol. The highest BCUT2D eigenvalue weighted by Crippen LogP contribution is 2.11. The van der Waals surface area contributed by atoms with E-state index in [2.05, 4.69) is 9.97 Å². The SMILES string of the molecule is CCC(N)c1cnc(OC)cn1. The molecular weight excluding hydrogens is 154 g/mol. The molecule has 0 saturated carbocycles. The van der Waals surface area contributed by atoms with E-state index in [1.54, 1.807) is 19.5 Å². The van der Waals surface area contributed by atoms with Crippen LogP contribution in [0, 0.1) is 0 Å². The van der Waals surface area contributed by atoms with Gasteiger partial charge in [-0.25, -0.2) is 4.98 Å². The lowest BCUT2D eigenvalue weighted by molar-refractivity contribution is 0.394. The summed E-state index contributed by atoms with van der Waals surface area (Å²) in [5, 5.41) is 0. The van der Waals surface area contributed by atoms with Gasteiger partial charge in [-0.3, -0.25) is 4.98 Å². The Bertz CT molecular complexity index is 235. The minimum absolute atomic E-state index is 0.0246. The minimum atomic E-state index is -0.0246. The van der Waals surface area contributed by atoms with Gasteiger partial charge < -0.3 is 10.5 Å². The molecule has 1 unspecified atom stereocenters. The van der Waals surface area contributed by atoms with Gasteiger partial charge in [0.05, 0.1) is 25.2 Å². The van der Waals surface area contributed by atoms with Crippen molar-refractivity contribution in [3.05, 3.63) is 18.1 Å². The second-order valence-electron chi connectivity index (χ2n) is 2.50. The summed E-state index contributed by atoms with van der Waals surface area (Å²) in [5.74, 6) is 0.516. The Morgan fingerprint density at radius 2 is 2.25 bits per heavy atom. The van der Waals surface area contributed by atoms with Crippen LogP contribution < -0.4 is 10.5 Å². The van der Waals surface area contributed by atoms with Crippen LogP contribution in [-0.4, -0.2) is 17.1 Å². The molecule has 1 aromatic heterocycles. The fourth-order valence-corrected chi connectivity index (χ4v) is 0.832. The maximum absolute atomic E-state index is 5.74. The average molecular weight is 167 g/mol. The number of nitrogens with zero attached hydrogens (tertiary/aromatic N) is 2. The number of methoxy groups -OCH3 is 1.